The van der Waals surface area contributed by atoms with Gasteiger partial charge in [-0.05, 0) is 38.5 Å². The van der Waals surface area contributed by atoms with Gasteiger partial charge in [0.1, 0.15) is 19.8 Å². The molecule has 0 heterocycles. The van der Waals surface area contributed by atoms with Crippen LogP contribution in [0, 0.1) is 0 Å². The molecule has 10 heteroatoms. The number of hydrogen-bond acceptors (Lipinski definition) is 8. The minimum atomic E-state index is -4.62. The fourth-order valence-corrected chi connectivity index (χ4v) is 6.61. The first-order chi connectivity index (χ1) is 25.0. The minimum Gasteiger partial charge on any atom is -0.756 e. The van der Waals surface area contributed by atoms with E-state index < -0.39 is 26.5 Å². The van der Waals surface area contributed by atoms with Crippen molar-refractivity contribution in [1.82, 2.24) is 0 Å². The van der Waals surface area contributed by atoms with Crippen molar-refractivity contribution in [3.8, 4) is 0 Å². The molecule has 0 amide bonds. The quantitative estimate of drug-likeness (QED) is 0.0200. The highest BCUT2D eigenvalue weighted by molar-refractivity contribution is 7.45. The fraction of sp³-hybridized carbons (Fsp3) is 0.905. The third-order valence-corrected chi connectivity index (χ3v) is 10.2. The van der Waals surface area contributed by atoms with Gasteiger partial charge in [0, 0.05) is 12.8 Å². The second-order valence-electron chi connectivity index (χ2n) is 15.7. The number of carbonyl (C=O) groups is 2. The van der Waals surface area contributed by atoms with Crippen LogP contribution in [-0.4, -0.2) is 70.0 Å². The Bertz CT molecular complexity index is 907. The number of nitrogens with zero attached hydrogens (tertiary/aromatic N) is 1. The van der Waals surface area contributed by atoms with E-state index in [1.165, 1.54) is 116 Å². The van der Waals surface area contributed by atoms with E-state index in [0.717, 1.165) is 44.9 Å². The Hall–Kier alpha value is -1.25. The van der Waals surface area contributed by atoms with Gasteiger partial charge in [0.25, 0.3) is 7.82 Å². The smallest absolute Gasteiger partial charge is 0.306 e. The van der Waals surface area contributed by atoms with Crippen molar-refractivity contribution in [2.45, 2.75) is 200 Å². The zero-order chi connectivity index (χ0) is 38.6. The van der Waals surface area contributed by atoms with Crippen molar-refractivity contribution in [2.75, 3.05) is 47.5 Å². The molecule has 0 radical (unpaired) electrons. The van der Waals surface area contributed by atoms with E-state index in [0.29, 0.717) is 17.4 Å². The van der Waals surface area contributed by atoms with Gasteiger partial charge < -0.3 is 27.9 Å². The van der Waals surface area contributed by atoms with Gasteiger partial charge in [-0.2, -0.15) is 0 Å². The second kappa shape index (κ2) is 35.5. The molecule has 0 aromatic carbocycles. The maximum absolute atomic E-state index is 12.6. The number of esters is 2. The SMILES string of the molecule is CCCCCCCC/C=C\CCCCCCCCCC(=O)OC(COC(=O)CCCCCCCCCCCCC)COP(=O)([O-])OCC[N+](C)(C)C. The number of ether oxygens (including phenoxy) is 2. The number of phosphoric ester groups is 1. The number of likely N-dealkylation sites (N-methyl/N-ethyl adjacent to an activating group) is 1. The summed E-state index contributed by atoms with van der Waals surface area (Å²) in [6, 6.07) is 0. The number of allylic oxidation sites excluding steroid dienone is 2. The molecule has 0 aliphatic heterocycles. The number of rotatable bonds is 39. The van der Waals surface area contributed by atoms with Gasteiger partial charge in [0.2, 0.25) is 0 Å². The lowest BCUT2D eigenvalue weighted by Crippen LogP contribution is -2.37. The maximum Gasteiger partial charge on any atom is 0.306 e. The van der Waals surface area contributed by atoms with Gasteiger partial charge in [-0.15, -0.1) is 0 Å². The Labute approximate surface area is 320 Å². The summed E-state index contributed by atoms with van der Waals surface area (Å²) < 4.78 is 33.8. The van der Waals surface area contributed by atoms with E-state index in [9.17, 15) is 19.0 Å². The maximum atomic E-state index is 12.6. The fourth-order valence-electron chi connectivity index (χ4n) is 5.88. The third-order valence-electron chi connectivity index (χ3n) is 9.29. The Balaban J connectivity index is 4.34. The van der Waals surface area contributed by atoms with Gasteiger partial charge >= 0.3 is 11.9 Å². The Kier molecular flexibility index (Phi) is 34.6. The first-order valence-electron chi connectivity index (χ1n) is 21.4. The number of quaternary nitrogens is 1. The van der Waals surface area contributed by atoms with Crippen molar-refractivity contribution in [2.24, 2.45) is 0 Å². The van der Waals surface area contributed by atoms with Gasteiger partial charge in [0.05, 0.1) is 27.7 Å². The van der Waals surface area contributed by atoms with E-state index in [-0.39, 0.29) is 32.0 Å². The lowest BCUT2D eigenvalue weighted by atomic mass is 10.1. The zero-order valence-electron chi connectivity index (χ0n) is 34.5. The Morgan fingerprint density at radius 2 is 0.981 bits per heavy atom. The average Bonchev–Trinajstić information content (AvgIpc) is 3.09. The molecule has 0 aliphatic carbocycles. The van der Waals surface area contributed by atoms with Crippen LogP contribution < -0.4 is 4.89 Å². The van der Waals surface area contributed by atoms with E-state index >= 15 is 0 Å². The van der Waals surface area contributed by atoms with Crippen molar-refractivity contribution in [3.05, 3.63) is 12.2 Å². The summed E-state index contributed by atoms with van der Waals surface area (Å²) in [5.74, 6) is -0.833. The standard InChI is InChI=1S/C42H82NO8P/c1-6-8-10-12-14-16-18-19-20-21-22-23-25-27-29-31-33-35-42(45)51-40(39-50-52(46,47)49-37-36-43(3,4)5)38-48-41(44)34-32-30-28-26-24-17-15-13-11-9-7-2/h19-20,40H,6-18,21-39H2,1-5H3/b20-19-. The summed E-state index contributed by atoms with van der Waals surface area (Å²) in [7, 11) is 1.17. The molecular formula is C42H82NO8P. The van der Waals surface area contributed by atoms with Crippen molar-refractivity contribution < 1.29 is 42.1 Å². The number of carbonyl (C=O) groups excluding carboxylic acids is 2. The molecular weight excluding hydrogens is 677 g/mol. The second-order valence-corrected chi connectivity index (χ2v) is 17.1. The van der Waals surface area contributed by atoms with Crippen LogP contribution in [-0.2, 0) is 32.7 Å². The summed E-state index contributed by atoms with van der Waals surface area (Å²) >= 11 is 0. The summed E-state index contributed by atoms with van der Waals surface area (Å²) in [6.07, 6.45) is 35.2. The molecule has 0 N–H and O–H groups in total. The van der Waals surface area contributed by atoms with Crippen LogP contribution in [0.2, 0.25) is 0 Å². The number of phosphoric acid groups is 1. The van der Waals surface area contributed by atoms with E-state index in [1.807, 2.05) is 21.1 Å². The molecule has 0 spiro atoms. The van der Waals surface area contributed by atoms with Crippen LogP contribution in [0.25, 0.3) is 0 Å². The van der Waals surface area contributed by atoms with Crippen molar-refractivity contribution in [1.29, 1.82) is 0 Å². The van der Waals surface area contributed by atoms with Crippen LogP contribution in [0.1, 0.15) is 194 Å². The predicted octanol–water partition coefficient (Wildman–Crippen LogP) is 11.2. The summed E-state index contributed by atoms with van der Waals surface area (Å²) in [4.78, 5) is 37.4. The molecule has 308 valence electrons. The third kappa shape index (κ3) is 38.5. The molecule has 52 heavy (non-hydrogen) atoms. The summed E-state index contributed by atoms with van der Waals surface area (Å²) in [5.41, 5.74) is 0. The normalized spacial score (nSPS) is 13.7. The highest BCUT2D eigenvalue weighted by Gasteiger charge is 2.21. The molecule has 0 aromatic rings. The van der Waals surface area contributed by atoms with Crippen molar-refractivity contribution >= 4 is 19.8 Å². The molecule has 0 aromatic heterocycles. The summed E-state index contributed by atoms with van der Waals surface area (Å²) in [6.45, 7) is 4.22. The molecule has 0 aliphatic rings. The minimum absolute atomic E-state index is 0.0287. The largest absolute Gasteiger partial charge is 0.756 e. The topological polar surface area (TPSA) is 111 Å². The zero-order valence-corrected chi connectivity index (χ0v) is 35.4. The van der Waals surface area contributed by atoms with E-state index in [4.69, 9.17) is 18.5 Å². The predicted molar refractivity (Wildman–Crippen MR) is 213 cm³/mol. The monoisotopic (exact) mass is 760 g/mol. The molecule has 0 bridgehead atoms. The van der Waals surface area contributed by atoms with Gasteiger partial charge in [-0.3, -0.25) is 14.2 Å². The first-order valence-corrected chi connectivity index (χ1v) is 22.9. The van der Waals surface area contributed by atoms with Gasteiger partial charge in [-0.1, -0.05) is 154 Å². The van der Waals surface area contributed by atoms with Gasteiger partial charge in [0.15, 0.2) is 6.10 Å². The molecule has 0 saturated carbocycles. The average molecular weight is 760 g/mol. The summed E-state index contributed by atoms with van der Waals surface area (Å²) in [5, 5.41) is 0. The number of hydrogen-bond donors (Lipinski definition) is 0. The van der Waals surface area contributed by atoms with Crippen LogP contribution in [0.3, 0.4) is 0 Å². The Morgan fingerprint density at radius 3 is 1.42 bits per heavy atom. The highest BCUT2D eigenvalue weighted by Crippen LogP contribution is 2.38. The molecule has 2 unspecified atom stereocenters. The van der Waals surface area contributed by atoms with Crippen LogP contribution in [0.15, 0.2) is 12.2 Å². The van der Waals surface area contributed by atoms with Crippen LogP contribution in [0.4, 0.5) is 0 Å². The van der Waals surface area contributed by atoms with Gasteiger partial charge in [-0.25, -0.2) is 0 Å². The molecule has 9 nitrogen and oxygen atoms in total. The Morgan fingerprint density at radius 1 is 0.577 bits per heavy atom. The molecule has 0 saturated heterocycles. The van der Waals surface area contributed by atoms with E-state index in [2.05, 4.69) is 26.0 Å². The molecule has 2 atom stereocenters. The van der Waals surface area contributed by atoms with E-state index in [1.54, 1.807) is 0 Å². The van der Waals surface area contributed by atoms with Crippen LogP contribution >= 0.6 is 7.82 Å². The van der Waals surface area contributed by atoms with Crippen molar-refractivity contribution in [3.63, 3.8) is 0 Å². The lowest BCUT2D eigenvalue weighted by molar-refractivity contribution is -0.870. The molecule has 0 rings (SSSR count). The highest BCUT2D eigenvalue weighted by atomic mass is 31.2. The molecule has 0 fully saturated rings. The first kappa shape index (κ1) is 50.8. The number of unbranched alkanes of at least 4 members (excludes halogenated alkanes) is 23. The van der Waals surface area contributed by atoms with Crippen LogP contribution in [0.5, 0.6) is 0 Å². The lowest BCUT2D eigenvalue weighted by Gasteiger charge is -2.28.